The molecule has 0 fully saturated rings. The van der Waals surface area contributed by atoms with Gasteiger partial charge in [0.1, 0.15) is 4.88 Å². The Morgan fingerprint density at radius 1 is 1.47 bits per heavy atom. The van der Waals surface area contributed by atoms with Crippen LogP contribution >= 0.6 is 11.3 Å². The second-order valence-electron chi connectivity index (χ2n) is 3.45. The van der Waals surface area contributed by atoms with Gasteiger partial charge in [-0.15, -0.1) is 11.3 Å². The highest BCUT2D eigenvalue weighted by molar-refractivity contribution is 7.12. The summed E-state index contributed by atoms with van der Waals surface area (Å²) in [5.74, 6) is -0.360. The smallest absolute Gasteiger partial charge is 0.350 e. The van der Waals surface area contributed by atoms with Crippen molar-refractivity contribution in [3.63, 3.8) is 0 Å². The van der Waals surface area contributed by atoms with Gasteiger partial charge >= 0.3 is 5.97 Å². The number of hydrogen-bond acceptors (Lipinski definition) is 5. The zero-order valence-corrected chi connectivity index (χ0v) is 9.94. The summed E-state index contributed by atoms with van der Waals surface area (Å²) in [5, 5.41) is 1.77. The fraction of sp³-hybridized carbons (Fsp3) is 0.167. The molecule has 0 bridgehead atoms. The van der Waals surface area contributed by atoms with E-state index in [0.29, 0.717) is 23.6 Å². The van der Waals surface area contributed by atoms with E-state index in [4.69, 9.17) is 10.5 Å². The lowest BCUT2D eigenvalue weighted by Gasteiger charge is -2.03. The Bertz CT molecular complexity index is 496. The minimum absolute atomic E-state index is 0.335. The number of nitrogen functional groups attached to an aromatic ring is 1. The highest BCUT2D eigenvalue weighted by Gasteiger charge is 2.12. The van der Waals surface area contributed by atoms with E-state index in [0.717, 1.165) is 5.56 Å². The number of hydrogen-bond donors (Lipinski definition) is 1. The lowest BCUT2D eigenvalue weighted by Crippen LogP contribution is -2.08. The van der Waals surface area contributed by atoms with Gasteiger partial charge in [-0.3, -0.25) is 4.98 Å². The molecule has 5 heteroatoms. The van der Waals surface area contributed by atoms with E-state index in [1.165, 1.54) is 11.3 Å². The monoisotopic (exact) mass is 248 g/mol. The number of carbonyl (C=O) groups is 1. The molecule has 0 atom stereocenters. The van der Waals surface area contributed by atoms with Crippen LogP contribution in [0.25, 0.3) is 0 Å². The summed E-state index contributed by atoms with van der Waals surface area (Å²) in [5.41, 5.74) is 7.14. The number of nitrogens with two attached hydrogens (primary N) is 1. The van der Waals surface area contributed by atoms with Crippen LogP contribution in [0.4, 0.5) is 5.69 Å². The average molecular weight is 248 g/mol. The van der Waals surface area contributed by atoms with Crippen LogP contribution in [0.2, 0.25) is 0 Å². The predicted octanol–water partition coefficient (Wildman–Crippen LogP) is 2.12. The third-order valence-corrected chi connectivity index (χ3v) is 3.14. The molecule has 0 aliphatic heterocycles. The van der Waals surface area contributed by atoms with Crippen molar-refractivity contribution in [2.24, 2.45) is 0 Å². The summed E-state index contributed by atoms with van der Waals surface area (Å²) in [6.07, 6.45) is 4.13. The van der Waals surface area contributed by atoms with Gasteiger partial charge in [-0.1, -0.05) is 6.07 Å². The fourth-order valence-corrected chi connectivity index (χ4v) is 2.07. The van der Waals surface area contributed by atoms with E-state index in [9.17, 15) is 4.79 Å². The summed E-state index contributed by atoms with van der Waals surface area (Å²) in [6.45, 7) is 0.335. The zero-order valence-electron chi connectivity index (χ0n) is 9.13. The Morgan fingerprint density at radius 3 is 3.00 bits per heavy atom. The number of aromatic nitrogens is 1. The van der Waals surface area contributed by atoms with Crippen LogP contribution in [0.1, 0.15) is 15.2 Å². The van der Waals surface area contributed by atoms with Gasteiger partial charge in [-0.25, -0.2) is 4.79 Å². The van der Waals surface area contributed by atoms with E-state index >= 15 is 0 Å². The minimum Gasteiger partial charge on any atom is -0.461 e. The Balaban J connectivity index is 1.84. The van der Waals surface area contributed by atoms with Crippen molar-refractivity contribution in [1.29, 1.82) is 0 Å². The number of carbonyl (C=O) groups excluding carboxylic acids is 1. The van der Waals surface area contributed by atoms with Crippen LogP contribution in [0, 0.1) is 0 Å². The number of pyridine rings is 1. The first-order valence-corrected chi connectivity index (χ1v) is 6.04. The third kappa shape index (κ3) is 3.04. The molecule has 2 heterocycles. The average Bonchev–Trinajstić information content (AvgIpc) is 2.77. The van der Waals surface area contributed by atoms with Crippen molar-refractivity contribution in [2.75, 3.05) is 12.3 Å². The van der Waals surface area contributed by atoms with Gasteiger partial charge in [0.15, 0.2) is 0 Å². The van der Waals surface area contributed by atoms with Crippen molar-refractivity contribution in [3.8, 4) is 0 Å². The minimum atomic E-state index is -0.360. The van der Waals surface area contributed by atoms with E-state index in [1.54, 1.807) is 23.8 Å². The van der Waals surface area contributed by atoms with Crippen LogP contribution < -0.4 is 5.73 Å². The lowest BCUT2D eigenvalue weighted by molar-refractivity contribution is 0.0516. The van der Waals surface area contributed by atoms with Crippen LogP contribution in [0.15, 0.2) is 36.0 Å². The highest BCUT2D eigenvalue weighted by Crippen LogP contribution is 2.19. The molecule has 0 aromatic carbocycles. The molecule has 0 unspecified atom stereocenters. The maximum Gasteiger partial charge on any atom is 0.350 e. The molecular formula is C12H12N2O2S. The van der Waals surface area contributed by atoms with Crippen molar-refractivity contribution < 1.29 is 9.53 Å². The zero-order chi connectivity index (χ0) is 12.1. The van der Waals surface area contributed by atoms with Gasteiger partial charge in [-0.05, 0) is 23.1 Å². The standard InChI is InChI=1S/C12H12N2O2S/c13-10-4-7-17-11(10)12(15)16-6-3-9-2-1-5-14-8-9/h1-2,4-5,7-8H,3,6,13H2. The second-order valence-corrected chi connectivity index (χ2v) is 4.37. The SMILES string of the molecule is Nc1ccsc1C(=O)OCCc1cccnc1. The highest BCUT2D eigenvalue weighted by atomic mass is 32.1. The Kier molecular flexibility index (Phi) is 3.72. The Hall–Kier alpha value is -1.88. The number of esters is 1. The lowest BCUT2D eigenvalue weighted by atomic mass is 10.2. The Morgan fingerprint density at radius 2 is 2.35 bits per heavy atom. The molecule has 0 saturated carbocycles. The van der Waals surface area contributed by atoms with Crippen molar-refractivity contribution in [1.82, 2.24) is 4.98 Å². The molecule has 2 aromatic heterocycles. The Labute approximate surface area is 103 Å². The van der Waals surface area contributed by atoms with Gasteiger partial charge in [0.25, 0.3) is 0 Å². The second kappa shape index (κ2) is 5.45. The van der Waals surface area contributed by atoms with Gasteiger partial charge < -0.3 is 10.5 Å². The first kappa shape index (κ1) is 11.6. The largest absolute Gasteiger partial charge is 0.461 e. The first-order chi connectivity index (χ1) is 8.27. The quantitative estimate of drug-likeness (QED) is 0.842. The summed E-state index contributed by atoms with van der Waals surface area (Å²) in [4.78, 5) is 16.1. The molecule has 0 saturated heterocycles. The van der Waals surface area contributed by atoms with Crippen LogP contribution in [0.5, 0.6) is 0 Å². The van der Waals surface area contributed by atoms with Crippen LogP contribution in [-0.4, -0.2) is 17.6 Å². The molecule has 0 aliphatic rings. The molecule has 4 nitrogen and oxygen atoms in total. The molecule has 0 spiro atoms. The van der Waals surface area contributed by atoms with Crippen LogP contribution in [-0.2, 0) is 11.2 Å². The first-order valence-electron chi connectivity index (χ1n) is 5.16. The topological polar surface area (TPSA) is 65.2 Å². The van der Waals surface area contributed by atoms with Gasteiger partial charge in [0.2, 0.25) is 0 Å². The summed E-state index contributed by atoms with van der Waals surface area (Å²) in [7, 11) is 0. The number of thiophene rings is 1. The number of ether oxygens (including phenoxy) is 1. The summed E-state index contributed by atoms with van der Waals surface area (Å²) in [6, 6.07) is 5.50. The molecule has 88 valence electrons. The van der Waals surface area contributed by atoms with E-state index < -0.39 is 0 Å². The molecule has 0 aliphatic carbocycles. The number of nitrogens with zero attached hydrogens (tertiary/aromatic N) is 1. The van der Waals surface area contributed by atoms with E-state index in [2.05, 4.69) is 4.98 Å². The maximum absolute atomic E-state index is 11.6. The van der Waals surface area contributed by atoms with Gasteiger partial charge in [0.05, 0.1) is 12.3 Å². The van der Waals surface area contributed by atoms with Crippen molar-refractivity contribution in [3.05, 3.63) is 46.4 Å². The molecule has 2 N–H and O–H groups in total. The van der Waals surface area contributed by atoms with Gasteiger partial charge in [-0.2, -0.15) is 0 Å². The number of anilines is 1. The molecule has 2 aromatic rings. The van der Waals surface area contributed by atoms with E-state index in [1.807, 2.05) is 12.1 Å². The van der Waals surface area contributed by atoms with E-state index in [-0.39, 0.29) is 5.97 Å². The van der Waals surface area contributed by atoms with Crippen molar-refractivity contribution >= 4 is 23.0 Å². The fourth-order valence-electron chi connectivity index (χ4n) is 1.36. The third-order valence-electron chi connectivity index (χ3n) is 2.23. The maximum atomic E-state index is 11.6. The summed E-state index contributed by atoms with van der Waals surface area (Å²) < 4.78 is 5.13. The molecule has 17 heavy (non-hydrogen) atoms. The van der Waals surface area contributed by atoms with Gasteiger partial charge in [0, 0.05) is 18.8 Å². The normalized spacial score (nSPS) is 10.1. The number of rotatable bonds is 4. The molecule has 0 radical (unpaired) electrons. The molecule has 2 rings (SSSR count). The van der Waals surface area contributed by atoms with Crippen molar-refractivity contribution in [2.45, 2.75) is 6.42 Å². The molecular weight excluding hydrogens is 236 g/mol. The molecule has 0 amide bonds. The van der Waals surface area contributed by atoms with Crippen LogP contribution in [0.3, 0.4) is 0 Å². The summed E-state index contributed by atoms with van der Waals surface area (Å²) >= 11 is 1.29. The predicted molar refractivity (Wildman–Crippen MR) is 67.0 cm³/mol.